The highest BCUT2D eigenvalue weighted by atomic mass is 127. The van der Waals surface area contributed by atoms with Crippen molar-refractivity contribution in [2.45, 2.75) is 49.2 Å². The zero-order valence-electron chi connectivity index (χ0n) is 9.42. The van der Waals surface area contributed by atoms with Crippen LogP contribution in [0.3, 0.4) is 0 Å². The van der Waals surface area contributed by atoms with Crippen LogP contribution in [0, 0.1) is 0 Å². The molecule has 1 heterocycles. The van der Waals surface area contributed by atoms with E-state index < -0.39 is 38.5 Å². The number of ether oxygens (including phenoxy) is 2. The maximum atomic E-state index is 11.8. The molecular formula is C11H15IO4. The molecule has 0 aromatic heterocycles. The number of carbonyl (C=O) groups excluding carboxylic acids is 2. The fraction of sp³-hybridized carbons (Fsp3) is 0.727. The lowest BCUT2D eigenvalue weighted by Crippen LogP contribution is -2.48. The average Bonchev–Trinajstić information content (AvgIpc) is 2.60. The van der Waals surface area contributed by atoms with Gasteiger partial charge in [0, 0.05) is 16.8 Å². The Hall–Kier alpha value is -0.460. The normalized spacial score (nSPS) is 23.8. The molecule has 1 saturated heterocycles. The second-order valence-electron chi connectivity index (χ2n) is 4.33. The standard InChI is InChI=1S/C11H15IO4/c1-7(2)12-8-9(13)15-11(16-10(8)14)5-3-4-6-11/h7H,3-6H2,1-2H3. The van der Waals surface area contributed by atoms with E-state index in [-0.39, 0.29) is 3.51 Å². The van der Waals surface area contributed by atoms with E-state index >= 15 is 0 Å². The number of hydrogen-bond acceptors (Lipinski definition) is 4. The van der Waals surface area contributed by atoms with Crippen LogP contribution >= 0.6 is 20.7 Å². The smallest absolute Gasteiger partial charge is 0.354 e. The molecule has 0 N–H and O–H groups in total. The summed E-state index contributed by atoms with van der Waals surface area (Å²) in [7, 11) is 0. The molecule has 0 radical (unpaired) electrons. The molecular weight excluding hydrogens is 323 g/mol. The van der Waals surface area contributed by atoms with Gasteiger partial charge in [-0.05, 0) is 12.8 Å². The first-order valence-corrected chi connectivity index (χ1v) is 7.82. The van der Waals surface area contributed by atoms with Crippen LogP contribution in [-0.2, 0) is 19.1 Å². The first kappa shape index (κ1) is 12.0. The minimum atomic E-state index is -0.918. The molecule has 90 valence electrons. The van der Waals surface area contributed by atoms with Crippen LogP contribution in [0.1, 0.15) is 39.5 Å². The number of hydrogen-bond donors (Lipinski definition) is 0. The first-order chi connectivity index (χ1) is 7.52. The van der Waals surface area contributed by atoms with Crippen molar-refractivity contribution < 1.29 is 19.1 Å². The van der Waals surface area contributed by atoms with E-state index in [0.29, 0.717) is 16.8 Å². The summed E-state index contributed by atoms with van der Waals surface area (Å²) in [5, 5.41) is 0. The fourth-order valence-electron chi connectivity index (χ4n) is 1.96. The Morgan fingerprint density at radius 2 is 1.62 bits per heavy atom. The molecule has 1 saturated carbocycles. The van der Waals surface area contributed by atoms with Gasteiger partial charge in [0.05, 0.1) is 0 Å². The van der Waals surface area contributed by atoms with Gasteiger partial charge in [-0.1, -0.05) is 34.6 Å². The number of rotatable bonds is 1. The molecule has 0 atom stereocenters. The molecule has 16 heavy (non-hydrogen) atoms. The lowest BCUT2D eigenvalue weighted by atomic mass is 10.2. The van der Waals surface area contributed by atoms with Crippen molar-refractivity contribution >= 4 is 36.2 Å². The van der Waals surface area contributed by atoms with Gasteiger partial charge >= 0.3 is 11.9 Å². The van der Waals surface area contributed by atoms with Gasteiger partial charge in [0.1, 0.15) is 0 Å². The Labute approximate surface area is 104 Å². The summed E-state index contributed by atoms with van der Waals surface area (Å²) < 4.78 is 11.3. The van der Waals surface area contributed by atoms with Gasteiger partial charge in [-0.2, -0.15) is 0 Å². The van der Waals surface area contributed by atoms with Crippen molar-refractivity contribution in [3.63, 3.8) is 0 Å². The third-order valence-corrected chi connectivity index (χ3v) is 5.36. The maximum absolute atomic E-state index is 11.8. The molecule has 1 aliphatic heterocycles. The molecule has 0 amide bonds. The van der Waals surface area contributed by atoms with E-state index in [4.69, 9.17) is 9.47 Å². The zero-order chi connectivity index (χ0) is 11.8. The van der Waals surface area contributed by atoms with Gasteiger partial charge in [-0.25, -0.2) is 9.59 Å². The SMILES string of the molecule is CC(C)I=C1C(=O)OC2(CCCC2)OC1=O. The second kappa shape index (κ2) is 4.43. The van der Waals surface area contributed by atoms with Crippen molar-refractivity contribution in [2.24, 2.45) is 0 Å². The highest BCUT2D eigenvalue weighted by molar-refractivity contribution is 14.2. The summed E-state index contributed by atoms with van der Waals surface area (Å²) in [4.78, 5) is 23.5. The highest BCUT2D eigenvalue weighted by Crippen LogP contribution is 2.37. The van der Waals surface area contributed by atoms with E-state index in [1.807, 2.05) is 13.8 Å². The van der Waals surface area contributed by atoms with Crippen LogP contribution < -0.4 is 0 Å². The third kappa shape index (κ3) is 2.28. The van der Waals surface area contributed by atoms with E-state index in [0.717, 1.165) is 12.8 Å². The van der Waals surface area contributed by atoms with Crippen LogP contribution in [0.2, 0.25) is 0 Å². The predicted octanol–water partition coefficient (Wildman–Crippen LogP) is 1.91. The molecule has 1 aliphatic carbocycles. The van der Waals surface area contributed by atoms with E-state index in [2.05, 4.69) is 0 Å². The summed E-state index contributed by atoms with van der Waals surface area (Å²) in [6.07, 6.45) is 3.21. The van der Waals surface area contributed by atoms with Crippen molar-refractivity contribution in [3.8, 4) is 0 Å². The molecule has 2 aliphatic rings. The Bertz CT molecular complexity index is 331. The summed E-state index contributed by atoms with van der Waals surface area (Å²) in [5.74, 6) is -1.78. The molecule has 2 fully saturated rings. The number of carbonyl (C=O) groups is 2. The van der Waals surface area contributed by atoms with Gasteiger partial charge < -0.3 is 9.47 Å². The van der Waals surface area contributed by atoms with Crippen LogP contribution in [0.15, 0.2) is 0 Å². The molecule has 0 aromatic rings. The minimum Gasteiger partial charge on any atom is -0.418 e. The lowest BCUT2D eigenvalue weighted by Gasteiger charge is -2.32. The Morgan fingerprint density at radius 3 is 2.06 bits per heavy atom. The van der Waals surface area contributed by atoms with Crippen LogP contribution in [0.4, 0.5) is 0 Å². The van der Waals surface area contributed by atoms with Crippen molar-refractivity contribution in [1.29, 1.82) is 0 Å². The fourth-order valence-corrected chi connectivity index (χ4v) is 3.93. The molecule has 0 aromatic carbocycles. The molecule has 2 rings (SSSR count). The van der Waals surface area contributed by atoms with Gasteiger partial charge in [0.25, 0.3) is 5.79 Å². The summed E-state index contributed by atoms with van der Waals surface area (Å²) in [5.41, 5.74) is 0. The minimum absolute atomic E-state index is 0.270. The molecule has 0 bridgehead atoms. The van der Waals surface area contributed by atoms with Crippen molar-refractivity contribution in [2.75, 3.05) is 0 Å². The van der Waals surface area contributed by atoms with Crippen molar-refractivity contribution in [3.05, 3.63) is 0 Å². The topological polar surface area (TPSA) is 52.6 Å². The summed E-state index contributed by atoms with van der Waals surface area (Å²) >= 11 is -0.601. The van der Waals surface area contributed by atoms with E-state index in [1.165, 1.54) is 0 Å². The Morgan fingerprint density at radius 1 is 1.12 bits per heavy atom. The highest BCUT2D eigenvalue weighted by Gasteiger charge is 2.48. The third-order valence-electron chi connectivity index (χ3n) is 2.61. The molecule has 5 heteroatoms. The van der Waals surface area contributed by atoms with E-state index in [9.17, 15) is 9.59 Å². The number of halogens is 1. The van der Waals surface area contributed by atoms with Crippen molar-refractivity contribution in [1.82, 2.24) is 0 Å². The summed E-state index contributed by atoms with van der Waals surface area (Å²) in [6.45, 7) is 4.00. The van der Waals surface area contributed by atoms with Crippen LogP contribution in [-0.4, -0.2) is 25.2 Å². The molecule has 1 spiro atoms. The second-order valence-corrected chi connectivity index (χ2v) is 8.53. The first-order valence-electron chi connectivity index (χ1n) is 5.49. The zero-order valence-corrected chi connectivity index (χ0v) is 11.6. The van der Waals surface area contributed by atoms with Gasteiger partial charge in [0.15, 0.2) is 3.51 Å². The quantitative estimate of drug-likeness (QED) is 0.416. The van der Waals surface area contributed by atoms with Gasteiger partial charge in [-0.3, -0.25) is 0 Å². The monoisotopic (exact) mass is 338 g/mol. The van der Waals surface area contributed by atoms with Gasteiger partial charge in [0.2, 0.25) is 0 Å². The predicted molar refractivity (Wildman–Crippen MR) is 67.5 cm³/mol. The van der Waals surface area contributed by atoms with Crippen LogP contribution in [0.5, 0.6) is 0 Å². The van der Waals surface area contributed by atoms with E-state index in [1.54, 1.807) is 0 Å². The molecule has 0 unspecified atom stereocenters. The lowest BCUT2D eigenvalue weighted by molar-refractivity contribution is -0.224. The Kier molecular flexibility index (Phi) is 3.32. The van der Waals surface area contributed by atoms with Crippen LogP contribution in [0.25, 0.3) is 0 Å². The van der Waals surface area contributed by atoms with Gasteiger partial charge in [-0.15, -0.1) is 0 Å². The largest absolute Gasteiger partial charge is 0.418 e. The summed E-state index contributed by atoms with van der Waals surface area (Å²) in [6, 6.07) is 0. The Balaban J connectivity index is 2.20. The number of esters is 2. The number of alkyl halides is 1. The molecule has 4 nitrogen and oxygen atoms in total. The average molecular weight is 338 g/mol. The maximum Gasteiger partial charge on any atom is 0.354 e.